The molecule has 1 heterocycles. The van der Waals surface area contributed by atoms with E-state index in [0.29, 0.717) is 31.8 Å². The van der Waals surface area contributed by atoms with E-state index in [1.807, 2.05) is 55.5 Å². The third-order valence-corrected chi connectivity index (χ3v) is 5.28. The first-order valence-corrected chi connectivity index (χ1v) is 11.7. The number of aromatic nitrogens is 2. The minimum Gasteiger partial charge on any atom is -0.490 e. The third kappa shape index (κ3) is 6.16. The smallest absolute Gasteiger partial charge is 0.220 e. The molecule has 0 radical (unpaired) electrons. The molecular formula is C23H29N3O3S. The fourth-order valence-electron chi connectivity index (χ4n) is 3.18. The van der Waals surface area contributed by atoms with Crippen LogP contribution in [0.2, 0.25) is 0 Å². The molecule has 1 atom stereocenters. The van der Waals surface area contributed by atoms with Crippen molar-refractivity contribution < 1.29 is 14.3 Å². The van der Waals surface area contributed by atoms with Gasteiger partial charge in [-0.3, -0.25) is 4.79 Å². The van der Waals surface area contributed by atoms with Crippen molar-refractivity contribution in [3.05, 3.63) is 54.4 Å². The van der Waals surface area contributed by atoms with Crippen LogP contribution in [0.25, 0.3) is 11.0 Å². The number of hydrogen-bond acceptors (Lipinski definition) is 5. The monoisotopic (exact) mass is 427 g/mol. The number of hydrogen-bond donors (Lipinski definition) is 2. The van der Waals surface area contributed by atoms with Crippen molar-refractivity contribution in [3.63, 3.8) is 0 Å². The van der Waals surface area contributed by atoms with Crippen molar-refractivity contribution in [2.45, 2.75) is 32.2 Å². The standard InChI is InChI=1S/C23H29N3O3S/c1-3-28-20-11-6-7-12-21(20)29-15-8-13-22(27)24-19(14-16-30-2)23-25-17-9-4-5-10-18(17)26-23/h4-7,9-12,19H,3,8,13-16H2,1-2H3,(H,24,27)(H,25,26). The maximum Gasteiger partial charge on any atom is 0.220 e. The number of nitrogens with one attached hydrogen (secondary N) is 2. The lowest BCUT2D eigenvalue weighted by Gasteiger charge is -2.16. The number of rotatable bonds is 12. The van der Waals surface area contributed by atoms with Crippen LogP contribution in [0.3, 0.4) is 0 Å². The van der Waals surface area contributed by atoms with E-state index in [0.717, 1.165) is 34.8 Å². The van der Waals surface area contributed by atoms with Crippen molar-refractivity contribution in [2.75, 3.05) is 25.2 Å². The van der Waals surface area contributed by atoms with Crippen molar-refractivity contribution in [1.29, 1.82) is 0 Å². The predicted molar refractivity (Wildman–Crippen MR) is 122 cm³/mol. The Morgan fingerprint density at radius 2 is 1.87 bits per heavy atom. The van der Waals surface area contributed by atoms with E-state index in [9.17, 15) is 4.79 Å². The molecule has 1 aromatic heterocycles. The average Bonchev–Trinajstić information content (AvgIpc) is 3.19. The fraction of sp³-hybridized carbons (Fsp3) is 0.391. The van der Waals surface area contributed by atoms with Gasteiger partial charge in [-0.05, 0) is 56.0 Å². The number of imidazole rings is 1. The lowest BCUT2D eigenvalue weighted by molar-refractivity contribution is -0.122. The SMILES string of the molecule is CCOc1ccccc1OCCCC(=O)NC(CCSC)c1nc2ccccc2[nH]1. The van der Waals surface area contributed by atoms with Crippen molar-refractivity contribution in [2.24, 2.45) is 0 Å². The quantitative estimate of drug-likeness (QED) is 0.409. The van der Waals surface area contributed by atoms with Gasteiger partial charge in [-0.1, -0.05) is 24.3 Å². The highest BCUT2D eigenvalue weighted by Gasteiger charge is 2.18. The number of nitrogens with zero attached hydrogens (tertiary/aromatic N) is 1. The Kier molecular flexibility index (Phi) is 8.44. The van der Waals surface area contributed by atoms with Crippen molar-refractivity contribution in [3.8, 4) is 11.5 Å². The Balaban J connectivity index is 1.52. The summed E-state index contributed by atoms with van der Waals surface area (Å²) in [5, 5.41) is 3.13. The second-order valence-corrected chi connectivity index (χ2v) is 7.86. The molecule has 30 heavy (non-hydrogen) atoms. The zero-order valence-electron chi connectivity index (χ0n) is 17.5. The summed E-state index contributed by atoms with van der Waals surface area (Å²) < 4.78 is 11.4. The number of ether oxygens (including phenoxy) is 2. The summed E-state index contributed by atoms with van der Waals surface area (Å²) in [6.45, 7) is 2.98. The van der Waals surface area contributed by atoms with E-state index in [4.69, 9.17) is 9.47 Å². The van der Waals surface area contributed by atoms with Gasteiger partial charge in [0, 0.05) is 6.42 Å². The Bertz CT molecular complexity index is 911. The first kappa shape index (κ1) is 22.0. The molecule has 1 amide bonds. The lowest BCUT2D eigenvalue weighted by atomic mass is 10.2. The largest absolute Gasteiger partial charge is 0.490 e. The molecule has 2 N–H and O–H groups in total. The minimum absolute atomic E-state index is 0.00301. The Morgan fingerprint density at radius 1 is 1.13 bits per heavy atom. The number of aromatic amines is 1. The molecule has 7 heteroatoms. The highest BCUT2D eigenvalue weighted by atomic mass is 32.2. The third-order valence-electron chi connectivity index (χ3n) is 4.64. The Labute approximate surface area is 181 Å². The number of H-pyrrole nitrogens is 1. The highest BCUT2D eigenvalue weighted by molar-refractivity contribution is 7.98. The van der Waals surface area contributed by atoms with E-state index >= 15 is 0 Å². The molecule has 0 saturated heterocycles. The van der Waals surface area contributed by atoms with Crippen molar-refractivity contribution in [1.82, 2.24) is 15.3 Å². The molecule has 160 valence electrons. The molecule has 2 aromatic carbocycles. The molecule has 3 aromatic rings. The van der Waals surface area contributed by atoms with E-state index in [1.54, 1.807) is 11.8 Å². The summed E-state index contributed by atoms with van der Waals surface area (Å²) in [7, 11) is 0. The van der Waals surface area contributed by atoms with Gasteiger partial charge in [-0.25, -0.2) is 4.98 Å². The number of carbonyl (C=O) groups excluding carboxylic acids is 1. The number of thioether (sulfide) groups is 1. The van der Waals surface area contributed by atoms with E-state index < -0.39 is 0 Å². The van der Waals surface area contributed by atoms with Crippen LogP contribution in [0.1, 0.15) is 38.1 Å². The van der Waals surface area contributed by atoms with Crippen LogP contribution in [0.15, 0.2) is 48.5 Å². The highest BCUT2D eigenvalue weighted by Crippen LogP contribution is 2.26. The zero-order chi connectivity index (χ0) is 21.2. The maximum atomic E-state index is 12.5. The summed E-state index contributed by atoms with van der Waals surface area (Å²) in [4.78, 5) is 20.6. The van der Waals surface area contributed by atoms with E-state index in [-0.39, 0.29) is 11.9 Å². The summed E-state index contributed by atoms with van der Waals surface area (Å²) in [5.41, 5.74) is 1.90. The second kappa shape index (κ2) is 11.5. The second-order valence-electron chi connectivity index (χ2n) is 6.87. The predicted octanol–water partition coefficient (Wildman–Crippen LogP) is 4.73. The number of para-hydroxylation sites is 4. The maximum absolute atomic E-state index is 12.5. The summed E-state index contributed by atoms with van der Waals surface area (Å²) in [6, 6.07) is 15.4. The van der Waals surface area contributed by atoms with E-state index in [2.05, 4.69) is 21.5 Å². The Morgan fingerprint density at radius 3 is 2.60 bits per heavy atom. The van der Waals surface area contributed by atoms with Crippen LogP contribution in [0.5, 0.6) is 11.5 Å². The number of amides is 1. The number of carbonyl (C=O) groups is 1. The molecule has 1 unspecified atom stereocenters. The summed E-state index contributed by atoms with van der Waals surface area (Å²) >= 11 is 1.76. The van der Waals surface area contributed by atoms with Crippen LogP contribution in [-0.2, 0) is 4.79 Å². The molecular weight excluding hydrogens is 398 g/mol. The summed E-state index contributed by atoms with van der Waals surface area (Å²) in [6.07, 6.45) is 3.91. The molecule has 6 nitrogen and oxygen atoms in total. The number of benzene rings is 2. The molecule has 0 aliphatic carbocycles. The zero-order valence-corrected chi connectivity index (χ0v) is 18.3. The van der Waals surface area contributed by atoms with Gasteiger partial charge in [-0.2, -0.15) is 11.8 Å². The van der Waals surface area contributed by atoms with Gasteiger partial charge in [0.1, 0.15) is 5.82 Å². The van der Waals surface area contributed by atoms with Gasteiger partial charge in [-0.15, -0.1) is 0 Å². The van der Waals surface area contributed by atoms with Gasteiger partial charge >= 0.3 is 0 Å². The first-order valence-electron chi connectivity index (χ1n) is 10.3. The normalized spacial score (nSPS) is 11.9. The Hall–Kier alpha value is -2.67. The molecule has 0 spiro atoms. The van der Waals surface area contributed by atoms with Gasteiger partial charge in [0.25, 0.3) is 0 Å². The lowest BCUT2D eigenvalue weighted by Crippen LogP contribution is -2.29. The van der Waals surface area contributed by atoms with Gasteiger partial charge < -0.3 is 19.8 Å². The van der Waals surface area contributed by atoms with Gasteiger partial charge in [0.05, 0.1) is 30.3 Å². The van der Waals surface area contributed by atoms with Gasteiger partial charge in [0.15, 0.2) is 11.5 Å². The van der Waals surface area contributed by atoms with Crippen molar-refractivity contribution >= 4 is 28.7 Å². The molecule has 0 saturated carbocycles. The summed E-state index contributed by atoms with van der Waals surface area (Å²) in [5.74, 6) is 3.19. The fourth-order valence-corrected chi connectivity index (χ4v) is 3.65. The minimum atomic E-state index is -0.128. The average molecular weight is 428 g/mol. The topological polar surface area (TPSA) is 76.2 Å². The molecule has 0 aliphatic heterocycles. The molecule has 3 rings (SSSR count). The van der Waals surface area contributed by atoms with Crippen LogP contribution < -0.4 is 14.8 Å². The number of fused-ring (bicyclic) bond motifs is 1. The van der Waals surface area contributed by atoms with Crippen LogP contribution in [0, 0.1) is 0 Å². The molecule has 0 fully saturated rings. The molecule has 0 bridgehead atoms. The first-order chi connectivity index (χ1) is 14.7. The van der Waals surface area contributed by atoms with E-state index in [1.165, 1.54) is 0 Å². The van der Waals surface area contributed by atoms with Gasteiger partial charge in [0.2, 0.25) is 5.91 Å². The van der Waals surface area contributed by atoms with Crippen LogP contribution >= 0.6 is 11.8 Å². The van der Waals surface area contributed by atoms with Crippen LogP contribution in [-0.4, -0.2) is 41.1 Å². The molecule has 0 aliphatic rings. The van der Waals surface area contributed by atoms with Crippen LogP contribution in [0.4, 0.5) is 0 Å².